The molecule has 1 saturated heterocycles. The van der Waals surface area contributed by atoms with Crippen molar-refractivity contribution in [1.82, 2.24) is 24.4 Å². The molecule has 0 radical (unpaired) electrons. The van der Waals surface area contributed by atoms with Gasteiger partial charge in [-0.3, -0.25) is 19.6 Å². The van der Waals surface area contributed by atoms with E-state index in [4.69, 9.17) is 4.98 Å². The minimum absolute atomic E-state index is 0.0774. The highest BCUT2D eigenvalue weighted by molar-refractivity contribution is 5.76. The number of carbonyl (C=O) groups excluding carboxylic acids is 1. The first-order valence-corrected chi connectivity index (χ1v) is 12.2. The first-order chi connectivity index (χ1) is 15.9. The van der Waals surface area contributed by atoms with Crippen LogP contribution in [0.2, 0.25) is 0 Å². The van der Waals surface area contributed by atoms with E-state index in [0.717, 1.165) is 30.9 Å². The minimum Gasteiger partial charge on any atom is -0.338 e. The number of likely N-dealkylation sites (tertiary alicyclic amines) is 1. The van der Waals surface area contributed by atoms with Crippen LogP contribution in [0.5, 0.6) is 0 Å². The molecule has 33 heavy (non-hydrogen) atoms. The van der Waals surface area contributed by atoms with Crippen molar-refractivity contribution in [1.29, 1.82) is 0 Å². The summed E-state index contributed by atoms with van der Waals surface area (Å²) in [6.07, 6.45) is 4.52. The molecule has 174 valence electrons. The quantitative estimate of drug-likeness (QED) is 0.662. The van der Waals surface area contributed by atoms with Gasteiger partial charge in [-0.15, -0.1) is 0 Å². The molecule has 2 aromatic heterocycles. The van der Waals surface area contributed by atoms with Gasteiger partial charge in [-0.05, 0) is 49.9 Å². The van der Waals surface area contributed by atoms with Gasteiger partial charge < -0.3 is 4.90 Å². The molecule has 2 aliphatic rings. The highest BCUT2D eigenvalue weighted by Gasteiger charge is 2.28. The highest BCUT2D eigenvalue weighted by Crippen LogP contribution is 2.32. The summed E-state index contributed by atoms with van der Waals surface area (Å²) in [6, 6.07) is 9.00. The Morgan fingerprint density at radius 3 is 2.79 bits per heavy atom. The fourth-order valence-corrected chi connectivity index (χ4v) is 5.28. The molecule has 5 rings (SSSR count). The third-order valence-electron chi connectivity index (χ3n) is 7.37. The monoisotopic (exact) mass is 447 g/mol. The number of nitrogens with one attached hydrogen (secondary N) is 1. The molecule has 0 unspecified atom stereocenters. The Kier molecular flexibility index (Phi) is 5.83. The fourth-order valence-electron chi connectivity index (χ4n) is 5.28. The first-order valence-electron chi connectivity index (χ1n) is 12.2. The third kappa shape index (κ3) is 4.10. The zero-order chi connectivity index (χ0) is 23.1. The number of H-pyrrole nitrogens is 1. The highest BCUT2D eigenvalue weighted by atomic mass is 16.2. The van der Waals surface area contributed by atoms with Crippen LogP contribution in [0.25, 0.3) is 5.65 Å². The zero-order valence-electron chi connectivity index (χ0n) is 19.9. The third-order valence-corrected chi connectivity index (χ3v) is 7.37. The second kappa shape index (κ2) is 8.78. The molecular formula is C26H33N5O2. The van der Waals surface area contributed by atoms with E-state index in [1.165, 1.54) is 29.5 Å². The predicted molar refractivity (Wildman–Crippen MR) is 128 cm³/mol. The molecule has 1 amide bonds. The predicted octanol–water partition coefficient (Wildman–Crippen LogP) is 3.66. The molecule has 0 aliphatic carbocycles. The van der Waals surface area contributed by atoms with E-state index in [1.54, 1.807) is 9.42 Å². The number of aromatic amines is 1. The molecular weight excluding hydrogens is 414 g/mol. The number of aromatic nitrogens is 3. The summed E-state index contributed by atoms with van der Waals surface area (Å²) in [4.78, 5) is 34.6. The number of fused-ring (bicyclic) bond motifs is 2. The largest absolute Gasteiger partial charge is 0.338 e. The maximum Gasteiger partial charge on any atom is 0.277 e. The van der Waals surface area contributed by atoms with Crippen LogP contribution in [0.15, 0.2) is 29.1 Å². The molecule has 0 saturated carbocycles. The molecule has 1 N–H and O–H groups in total. The van der Waals surface area contributed by atoms with Crippen LogP contribution in [0.4, 0.5) is 0 Å². The number of hydrogen-bond donors (Lipinski definition) is 1. The normalized spacial score (nSPS) is 19.1. The van der Waals surface area contributed by atoms with Gasteiger partial charge in [0.2, 0.25) is 5.91 Å². The number of amides is 1. The van der Waals surface area contributed by atoms with Crippen molar-refractivity contribution in [3.63, 3.8) is 0 Å². The van der Waals surface area contributed by atoms with Crippen LogP contribution in [0.1, 0.15) is 72.3 Å². The van der Waals surface area contributed by atoms with Gasteiger partial charge in [0, 0.05) is 32.0 Å². The number of rotatable bonds is 4. The van der Waals surface area contributed by atoms with Crippen molar-refractivity contribution in [2.75, 3.05) is 13.1 Å². The Labute approximate surface area is 194 Å². The van der Waals surface area contributed by atoms with Crippen molar-refractivity contribution in [3.05, 3.63) is 68.3 Å². The van der Waals surface area contributed by atoms with E-state index < -0.39 is 0 Å². The summed E-state index contributed by atoms with van der Waals surface area (Å²) >= 11 is 0. The first kappa shape index (κ1) is 21.9. The van der Waals surface area contributed by atoms with E-state index >= 15 is 0 Å². The van der Waals surface area contributed by atoms with Crippen molar-refractivity contribution < 1.29 is 4.79 Å². The van der Waals surface area contributed by atoms with Gasteiger partial charge in [-0.25, -0.2) is 9.50 Å². The molecule has 0 spiro atoms. The van der Waals surface area contributed by atoms with E-state index in [0.29, 0.717) is 37.1 Å². The van der Waals surface area contributed by atoms with Crippen molar-refractivity contribution in [2.45, 2.75) is 72.0 Å². The fraction of sp³-hybridized carbons (Fsp3) is 0.500. The number of carbonyl (C=O) groups is 1. The van der Waals surface area contributed by atoms with Gasteiger partial charge in [0.1, 0.15) is 0 Å². The van der Waals surface area contributed by atoms with Crippen LogP contribution in [-0.2, 0) is 24.3 Å². The summed E-state index contributed by atoms with van der Waals surface area (Å²) in [5, 5.41) is 3.37. The van der Waals surface area contributed by atoms with Gasteiger partial charge in [-0.1, -0.05) is 31.5 Å². The lowest BCUT2D eigenvalue weighted by molar-refractivity contribution is -0.131. The smallest absolute Gasteiger partial charge is 0.277 e. The topological polar surface area (TPSA) is 73.7 Å². The van der Waals surface area contributed by atoms with Crippen LogP contribution >= 0.6 is 0 Å². The number of benzene rings is 1. The van der Waals surface area contributed by atoms with E-state index in [-0.39, 0.29) is 17.5 Å². The van der Waals surface area contributed by atoms with E-state index in [9.17, 15) is 9.59 Å². The number of hydrogen-bond acceptors (Lipinski definition) is 4. The van der Waals surface area contributed by atoms with Gasteiger partial charge in [-0.2, -0.15) is 0 Å². The van der Waals surface area contributed by atoms with Crippen molar-refractivity contribution in [2.24, 2.45) is 0 Å². The maximum absolute atomic E-state index is 13.3. The van der Waals surface area contributed by atoms with Gasteiger partial charge >= 0.3 is 0 Å². The SMILES string of the molecule is CCC(=O)N1CCc2nc3cc([C@H]4CCCCN4Cc4ccc(C)c(C)c4)[nH]n3c(=O)c2C1. The van der Waals surface area contributed by atoms with Gasteiger partial charge in [0.25, 0.3) is 5.56 Å². The minimum atomic E-state index is -0.0774. The number of nitrogens with zero attached hydrogens (tertiary/aromatic N) is 4. The maximum atomic E-state index is 13.3. The molecule has 7 heteroatoms. The second-order valence-electron chi connectivity index (χ2n) is 9.57. The molecule has 1 aromatic carbocycles. The average Bonchev–Trinajstić information content (AvgIpc) is 3.25. The molecule has 3 aromatic rings. The summed E-state index contributed by atoms with van der Waals surface area (Å²) in [6.45, 7) is 9.10. The Bertz CT molecular complexity index is 1260. The van der Waals surface area contributed by atoms with Crippen molar-refractivity contribution in [3.8, 4) is 0 Å². The van der Waals surface area contributed by atoms with Crippen LogP contribution in [0, 0.1) is 13.8 Å². The summed E-state index contributed by atoms with van der Waals surface area (Å²) < 4.78 is 1.58. The lowest BCUT2D eigenvalue weighted by Gasteiger charge is -2.35. The van der Waals surface area contributed by atoms with Crippen molar-refractivity contribution >= 4 is 11.6 Å². The Hall–Kier alpha value is -2.93. The van der Waals surface area contributed by atoms with Crippen LogP contribution in [-0.4, -0.2) is 43.4 Å². The van der Waals surface area contributed by atoms with E-state index in [1.807, 2.05) is 6.92 Å². The Morgan fingerprint density at radius 2 is 2.00 bits per heavy atom. The Morgan fingerprint density at radius 1 is 1.15 bits per heavy atom. The summed E-state index contributed by atoms with van der Waals surface area (Å²) in [7, 11) is 0. The molecule has 7 nitrogen and oxygen atoms in total. The van der Waals surface area contributed by atoms with Crippen LogP contribution in [0.3, 0.4) is 0 Å². The second-order valence-corrected chi connectivity index (χ2v) is 9.57. The summed E-state index contributed by atoms with van der Waals surface area (Å²) in [5.41, 5.74) is 7.10. The standard InChI is InChI=1S/C26H33N5O2/c1-4-25(32)30-12-10-21-20(16-30)26(33)31-24(27-21)14-22(28-31)23-7-5-6-11-29(23)15-19-9-8-17(2)18(3)13-19/h8-9,13-14,23,28H,4-7,10-12,15-16H2,1-3H3/t23-/m1/s1. The Balaban J connectivity index is 1.46. The molecule has 1 fully saturated rings. The summed E-state index contributed by atoms with van der Waals surface area (Å²) in [5.74, 6) is 0.0847. The number of piperidine rings is 1. The van der Waals surface area contributed by atoms with Gasteiger partial charge in [0.05, 0.1) is 29.5 Å². The van der Waals surface area contributed by atoms with Crippen LogP contribution < -0.4 is 5.56 Å². The zero-order valence-corrected chi connectivity index (χ0v) is 19.9. The molecule has 2 aliphatic heterocycles. The lowest BCUT2D eigenvalue weighted by Crippen LogP contribution is -2.40. The molecule has 1 atom stereocenters. The van der Waals surface area contributed by atoms with Gasteiger partial charge in [0.15, 0.2) is 5.65 Å². The van der Waals surface area contributed by atoms with E-state index in [2.05, 4.69) is 48.1 Å². The lowest BCUT2D eigenvalue weighted by atomic mass is 9.98. The molecule has 0 bridgehead atoms. The number of aryl methyl sites for hydroxylation is 2. The molecule has 4 heterocycles. The average molecular weight is 448 g/mol.